The first kappa shape index (κ1) is 14.8. The molecule has 0 radical (unpaired) electrons. The van der Waals surface area contributed by atoms with Gasteiger partial charge in [-0.15, -0.1) is 0 Å². The molecule has 2 aliphatic rings. The van der Waals surface area contributed by atoms with Gasteiger partial charge in [0.05, 0.1) is 5.41 Å². The first-order chi connectivity index (χ1) is 9.22. The molecule has 110 valence electrons. The average Bonchev–Trinajstić information content (AvgIpc) is 2.48. The molecule has 2 fully saturated rings. The lowest BCUT2D eigenvalue weighted by atomic mass is 9.72. The van der Waals surface area contributed by atoms with Crippen LogP contribution in [0.15, 0.2) is 0 Å². The standard InChI is InChI=1S/C15H28N2O2/c1-19-11-13-5-9-17(10-6-13)14(18)15(12-16)7-3-2-4-8-15/h13H,2-12,16H2,1H3. The van der Waals surface area contributed by atoms with Crippen molar-refractivity contribution in [1.29, 1.82) is 0 Å². The molecule has 2 N–H and O–H groups in total. The van der Waals surface area contributed by atoms with Crippen molar-refractivity contribution < 1.29 is 9.53 Å². The van der Waals surface area contributed by atoms with Crippen molar-refractivity contribution in [2.45, 2.75) is 44.9 Å². The summed E-state index contributed by atoms with van der Waals surface area (Å²) in [7, 11) is 1.75. The summed E-state index contributed by atoms with van der Waals surface area (Å²) >= 11 is 0. The largest absolute Gasteiger partial charge is 0.384 e. The Morgan fingerprint density at radius 2 is 1.89 bits per heavy atom. The Hall–Kier alpha value is -0.610. The second kappa shape index (κ2) is 6.71. The second-order valence-corrected chi connectivity index (χ2v) is 6.24. The fourth-order valence-electron chi connectivity index (χ4n) is 3.61. The molecule has 1 aliphatic carbocycles. The monoisotopic (exact) mass is 268 g/mol. The Balaban J connectivity index is 1.92. The minimum atomic E-state index is -0.244. The van der Waals surface area contributed by atoms with Crippen LogP contribution in [0.2, 0.25) is 0 Å². The van der Waals surface area contributed by atoms with E-state index in [1.165, 1.54) is 6.42 Å². The van der Waals surface area contributed by atoms with E-state index in [0.717, 1.165) is 58.2 Å². The fourth-order valence-corrected chi connectivity index (χ4v) is 3.61. The van der Waals surface area contributed by atoms with Gasteiger partial charge in [-0.1, -0.05) is 19.3 Å². The number of likely N-dealkylation sites (tertiary alicyclic amines) is 1. The quantitative estimate of drug-likeness (QED) is 0.845. The molecule has 1 saturated carbocycles. The molecule has 0 unspecified atom stereocenters. The lowest BCUT2D eigenvalue weighted by Gasteiger charge is -2.41. The zero-order valence-electron chi connectivity index (χ0n) is 12.2. The Morgan fingerprint density at radius 1 is 1.26 bits per heavy atom. The number of hydrogen-bond acceptors (Lipinski definition) is 3. The van der Waals surface area contributed by atoms with Crippen molar-refractivity contribution in [3.8, 4) is 0 Å². The van der Waals surface area contributed by atoms with E-state index >= 15 is 0 Å². The van der Waals surface area contributed by atoms with E-state index in [9.17, 15) is 4.79 Å². The van der Waals surface area contributed by atoms with E-state index in [1.54, 1.807) is 7.11 Å². The highest BCUT2D eigenvalue weighted by atomic mass is 16.5. The van der Waals surface area contributed by atoms with Crippen molar-refractivity contribution in [2.24, 2.45) is 17.1 Å². The first-order valence-corrected chi connectivity index (χ1v) is 7.70. The number of nitrogens with zero attached hydrogens (tertiary/aromatic N) is 1. The molecule has 1 amide bonds. The molecule has 0 bridgehead atoms. The molecular weight excluding hydrogens is 240 g/mol. The fraction of sp³-hybridized carbons (Fsp3) is 0.933. The number of methoxy groups -OCH3 is 1. The first-order valence-electron chi connectivity index (χ1n) is 7.70. The Labute approximate surface area is 116 Å². The van der Waals surface area contributed by atoms with Gasteiger partial charge in [0.15, 0.2) is 0 Å². The van der Waals surface area contributed by atoms with Crippen molar-refractivity contribution in [3.63, 3.8) is 0 Å². The number of amides is 1. The topological polar surface area (TPSA) is 55.6 Å². The second-order valence-electron chi connectivity index (χ2n) is 6.24. The average molecular weight is 268 g/mol. The normalized spacial score (nSPS) is 24.4. The zero-order valence-corrected chi connectivity index (χ0v) is 12.2. The molecule has 4 nitrogen and oxygen atoms in total. The third-order valence-corrected chi connectivity index (χ3v) is 4.96. The number of carbonyl (C=O) groups excluding carboxylic acids is 1. The summed E-state index contributed by atoms with van der Waals surface area (Å²) in [5.74, 6) is 0.944. The van der Waals surface area contributed by atoms with Crippen molar-refractivity contribution in [2.75, 3.05) is 33.4 Å². The van der Waals surface area contributed by atoms with Crippen LogP contribution in [0.3, 0.4) is 0 Å². The Kier molecular flexibility index (Phi) is 5.22. The third-order valence-electron chi connectivity index (χ3n) is 4.96. The minimum Gasteiger partial charge on any atom is -0.384 e. The smallest absolute Gasteiger partial charge is 0.230 e. The van der Waals surface area contributed by atoms with Crippen LogP contribution in [0.1, 0.15) is 44.9 Å². The van der Waals surface area contributed by atoms with E-state index in [1.807, 2.05) is 0 Å². The van der Waals surface area contributed by atoms with Crippen molar-refractivity contribution in [3.05, 3.63) is 0 Å². The van der Waals surface area contributed by atoms with Gasteiger partial charge < -0.3 is 15.4 Å². The van der Waals surface area contributed by atoms with E-state index < -0.39 is 0 Å². The molecule has 1 heterocycles. The van der Waals surface area contributed by atoms with E-state index in [-0.39, 0.29) is 5.41 Å². The maximum absolute atomic E-state index is 12.8. The number of hydrogen-bond donors (Lipinski definition) is 1. The van der Waals surface area contributed by atoms with Gasteiger partial charge >= 0.3 is 0 Å². The summed E-state index contributed by atoms with van der Waals surface area (Å²) in [6.45, 7) is 3.11. The lowest BCUT2D eigenvalue weighted by molar-refractivity contribution is -0.145. The van der Waals surface area contributed by atoms with E-state index in [2.05, 4.69) is 4.90 Å². The Morgan fingerprint density at radius 3 is 2.42 bits per heavy atom. The predicted molar refractivity (Wildman–Crippen MR) is 75.8 cm³/mol. The van der Waals surface area contributed by atoms with Gasteiger partial charge in [-0.05, 0) is 31.6 Å². The minimum absolute atomic E-state index is 0.244. The molecule has 1 aliphatic heterocycles. The molecule has 0 atom stereocenters. The SMILES string of the molecule is COCC1CCN(C(=O)C2(CN)CCCCC2)CC1. The predicted octanol–water partition coefficient (Wildman–Crippen LogP) is 1.78. The van der Waals surface area contributed by atoms with Gasteiger partial charge in [-0.25, -0.2) is 0 Å². The number of carbonyl (C=O) groups is 1. The van der Waals surface area contributed by atoms with Crippen LogP contribution in [0.4, 0.5) is 0 Å². The van der Waals surface area contributed by atoms with Gasteiger partial charge in [0.1, 0.15) is 0 Å². The van der Waals surface area contributed by atoms with E-state index in [0.29, 0.717) is 18.4 Å². The zero-order chi connectivity index (χ0) is 13.7. The van der Waals surface area contributed by atoms with Crippen molar-refractivity contribution >= 4 is 5.91 Å². The van der Waals surface area contributed by atoms with Crippen LogP contribution in [-0.2, 0) is 9.53 Å². The summed E-state index contributed by atoms with van der Waals surface area (Å²) in [4.78, 5) is 14.8. The molecule has 0 aromatic carbocycles. The molecule has 0 spiro atoms. The van der Waals surface area contributed by atoms with Gasteiger partial charge in [-0.3, -0.25) is 4.79 Å². The molecule has 0 aromatic rings. The summed E-state index contributed by atoms with van der Waals surface area (Å²) in [6, 6.07) is 0. The molecule has 0 aromatic heterocycles. The Bertz CT molecular complexity index is 293. The number of ether oxygens (including phenoxy) is 1. The number of piperidine rings is 1. The van der Waals surface area contributed by atoms with Crippen LogP contribution in [0.5, 0.6) is 0 Å². The molecule has 19 heavy (non-hydrogen) atoms. The van der Waals surface area contributed by atoms with Gasteiger partial charge in [0.2, 0.25) is 5.91 Å². The third kappa shape index (κ3) is 3.29. The van der Waals surface area contributed by atoms with E-state index in [4.69, 9.17) is 10.5 Å². The molecule has 2 rings (SSSR count). The van der Waals surface area contributed by atoms with Crippen LogP contribution in [-0.4, -0.2) is 44.2 Å². The van der Waals surface area contributed by atoms with Gasteiger partial charge in [0, 0.05) is 33.4 Å². The highest BCUT2D eigenvalue weighted by molar-refractivity contribution is 5.83. The van der Waals surface area contributed by atoms with Crippen LogP contribution in [0.25, 0.3) is 0 Å². The van der Waals surface area contributed by atoms with Crippen LogP contribution in [0, 0.1) is 11.3 Å². The summed E-state index contributed by atoms with van der Waals surface area (Å²) in [5, 5.41) is 0. The summed E-state index contributed by atoms with van der Waals surface area (Å²) in [6.07, 6.45) is 7.68. The molecule has 1 saturated heterocycles. The lowest BCUT2D eigenvalue weighted by Crippen LogP contribution is -2.51. The van der Waals surface area contributed by atoms with Crippen molar-refractivity contribution in [1.82, 2.24) is 4.90 Å². The summed E-state index contributed by atoms with van der Waals surface area (Å²) in [5.41, 5.74) is 5.71. The van der Waals surface area contributed by atoms with Crippen LogP contribution < -0.4 is 5.73 Å². The van der Waals surface area contributed by atoms with Gasteiger partial charge in [0.25, 0.3) is 0 Å². The highest BCUT2D eigenvalue weighted by Crippen LogP contribution is 2.37. The molecular formula is C15H28N2O2. The molecule has 4 heteroatoms. The number of nitrogens with two attached hydrogens (primary N) is 1. The maximum Gasteiger partial charge on any atom is 0.230 e. The van der Waals surface area contributed by atoms with Gasteiger partial charge in [-0.2, -0.15) is 0 Å². The number of rotatable bonds is 4. The van der Waals surface area contributed by atoms with Crippen LogP contribution >= 0.6 is 0 Å². The maximum atomic E-state index is 12.8. The highest BCUT2D eigenvalue weighted by Gasteiger charge is 2.41. The summed E-state index contributed by atoms with van der Waals surface area (Å²) < 4.78 is 5.21.